The van der Waals surface area contributed by atoms with Gasteiger partial charge in [-0.2, -0.15) is 26.3 Å². The van der Waals surface area contributed by atoms with Crippen LogP contribution in [0.3, 0.4) is 0 Å². The van der Waals surface area contributed by atoms with Gasteiger partial charge in [0, 0.05) is 93.0 Å². The Morgan fingerprint density at radius 3 is 1.51 bits per heavy atom. The van der Waals surface area contributed by atoms with Crippen molar-refractivity contribution < 1.29 is 64.3 Å². The van der Waals surface area contributed by atoms with Crippen LogP contribution in [-0.2, 0) is 28.4 Å². The van der Waals surface area contributed by atoms with Crippen molar-refractivity contribution in [1.29, 1.82) is 0 Å². The second-order valence-electron chi connectivity index (χ2n) is 24.1. The number of amides is 4. The van der Waals surface area contributed by atoms with Gasteiger partial charge in [0.15, 0.2) is 11.6 Å². The van der Waals surface area contributed by atoms with Crippen molar-refractivity contribution in [3.05, 3.63) is 75.4 Å². The molecule has 0 saturated carbocycles. The molecule has 0 bridgehead atoms. The number of urea groups is 2. The topological polar surface area (TPSA) is 192 Å². The van der Waals surface area contributed by atoms with Gasteiger partial charge in [0.05, 0.1) is 49.7 Å². The molecule has 89 heavy (non-hydrogen) atoms. The second-order valence-corrected chi connectivity index (χ2v) is 25.3. The number of hydrogen-bond donors (Lipinski definition) is 4. The van der Waals surface area contributed by atoms with Crippen LogP contribution in [-0.4, -0.2) is 165 Å². The van der Waals surface area contributed by atoms with Gasteiger partial charge in [-0.15, -0.1) is 0 Å². The van der Waals surface area contributed by atoms with E-state index in [0.717, 1.165) is 75.0 Å². The summed E-state index contributed by atoms with van der Waals surface area (Å²) in [5.74, 6) is 2.19. The molecule has 0 spiro atoms. The predicted molar refractivity (Wildman–Crippen MR) is 347 cm³/mol. The number of pyridine rings is 2. The molecular formula is C63H88BF6IN10O8. The van der Waals surface area contributed by atoms with Gasteiger partial charge >= 0.3 is 31.5 Å². The molecule has 5 saturated heterocycles. The molecule has 7 heterocycles. The molecule has 0 radical (unpaired) electrons. The van der Waals surface area contributed by atoms with Crippen LogP contribution in [0.1, 0.15) is 112 Å². The van der Waals surface area contributed by atoms with E-state index in [1.165, 1.54) is 9.80 Å². The third kappa shape index (κ3) is 20.8. The highest BCUT2D eigenvalue weighted by molar-refractivity contribution is 14.1. The zero-order valence-corrected chi connectivity index (χ0v) is 54.1. The molecule has 18 nitrogen and oxygen atoms in total. The van der Waals surface area contributed by atoms with Gasteiger partial charge in [0.2, 0.25) is 0 Å². The summed E-state index contributed by atoms with van der Waals surface area (Å²) in [4.78, 5) is 65.9. The van der Waals surface area contributed by atoms with Crippen molar-refractivity contribution in [1.82, 2.24) is 19.8 Å². The summed E-state index contributed by atoms with van der Waals surface area (Å²) >= 11 is 2.28. The number of ether oxygens (including phenoxy) is 2. The third-order valence-electron chi connectivity index (χ3n) is 16.7. The fourth-order valence-corrected chi connectivity index (χ4v) is 11.4. The van der Waals surface area contributed by atoms with E-state index in [4.69, 9.17) is 23.8 Å². The SMILES string of the molecule is C.CCC(=O)[C@@H](C)Nc1cc(-c2cc(NC(=O)N3CC[C@@H](CC(F)(F)F)C3)ccc2C)cc(N2CCOCC2)n1.CCC(=O)[C@@H](C)Nc1cc(I)cc(N2CCOCC2)n1.Cc1ccc(NC(=O)N2CC[C@@H](CC(F)(F)F)C2)cc1B1OC(C)(C)C(C)(C)O1. The third-order valence-corrected chi connectivity index (χ3v) is 17.3. The lowest BCUT2D eigenvalue weighted by Gasteiger charge is -2.32. The summed E-state index contributed by atoms with van der Waals surface area (Å²) < 4.78 is 100. The molecule has 5 aliphatic rings. The molecule has 0 aliphatic carbocycles. The number of hydrogen-bond acceptors (Lipinski definition) is 14. The number of Topliss-reactive ketones (excluding diaryl/α,β-unsaturated/α-hetero) is 2. The number of halogens is 7. The number of ketones is 2. The standard InChI is InChI=1S/C28H36F3N5O3.C20H28BF3N2O3.C14H20IN3O2.CH4/c1-4-24(37)19(3)32-25-13-21(14-26(34-25)35-9-11-39-12-10-35)23-15-22(6-5-18(23)2)33-27(38)36-8-7-20(17-36)16-28(29,30)31;1-13-6-7-15(10-16(13)21-28-18(2,3)19(4,5)29-21)25-17(27)26-9-8-14(12-26)11-20(22,23)24;1-3-12(19)10(2)16-13-8-11(15)9-14(17-13)18-4-6-20-7-5-18;/h5-6,13-15,19-20H,4,7-12,16-17H2,1-3H3,(H,32,34)(H,33,38);6-7,10,14H,8-9,11-12H2,1-5H3,(H,25,27);8-10H,3-7H2,1-2H3,(H,16,17);1H4/t19-,20+;14-;10-;/m101./s1. The van der Waals surface area contributed by atoms with Gasteiger partial charge in [-0.25, -0.2) is 19.6 Å². The normalized spacial score (nSPS) is 19.6. The first kappa shape index (κ1) is 72.1. The molecule has 5 aliphatic heterocycles. The molecule has 4 atom stereocenters. The minimum absolute atomic E-state index is 0. The van der Waals surface area contributed by atoms with E-state index in [0.29, 0.717) is 82.3 Å². The van der Waals surface area contributed by atoms with Crippen molar-refractivity contribution in [3.8, 4) is 11.1 Å². The Morgan fingerprint density at radius 2 is 1.06 bits per heavy atom. The van der Waals surface area contributed by atoms with Crippen LogP contribution in [0.4, 0.5) is 70.6 Å². The first-order chi connectivity index (χ1) is 41.4. The number of aromatic nitrogens is 2. The number of likely N-dealkylation sites (tertiary alicyclic amines) is 2. The van der Waals surface area contributed by atoms with Crippen molar-refractivity contribution in [2.24, 2.45) is 11.8 Å². The number of aryl methyl sites for hydroxylation is 2. The highest BCUT2D eigenvalue weighted by atomic mass is 127. The molecule has 4 aromatic rings. The lowest BCUT2D eigenvalue weighted by molar-refractivity contribution is -0.144. The maximum absolute atomic E-state index is 12.9. The van der Waals surface area contributed by atoms with Crippen LogP contribution in [0.25, 0.3) is 11.1 Å². The van der Waals surface area contributed by atoms with Crippen molar-refractivity contribution in [2.75, 3.05) is 110 Å². The number of carbonyl (C=O) groups excluding carboxylic acids is 4. The Balaban J connectivity index is 0.000000223. The molecule has 0 unspecified atom stereocenters. The molecule has 26 heteroatoms. The van der Waals surface area contributed by atoms with Crippen LogP contribution in [0, 0.1) is 29.3 Å². The monoisotopic (exact) mass is 1360 g/mol. The largest absolute Gasteiger partial charge is 0.495 e. The molecule has 5 fully saturated rings. The van der Waals surface area contributed by atoms with Crippen LogP contribution < -0.4 is 36.5 Å². The van der Waals surface area contributed by atoms with Crippen LogP contribution in [0.5, 0.6) is 0 Å². The van der Waals surface area contributed by atoms with E-state index in [9.17, 15) is 45.5 Å². The minimum Gasteiger partial charge on any atom is -0.399 e. The van der Waals surface area contributed by atoms with Gasteiger partial charge in [0.1, 0.15) is 23.3 Å². The van der Waals surface area contributed by atoms with Gasteiger partial charge in [0.25, 0.3) is 0 Å². The number of alkyl halides is 6. The lowest BCUT2D eigenvalue weighted by atomic mass is 9.76. The average Bonchev–Trinajstić information content (AvgIpc) is 2.39. The Hall–Kier alpha value is -5.97. The van der Waals surface area contributed by atoms with E-state index in [1.807, 2.05) is 106 Å². The van der Waals surface area contributed by atoms with Gasteiger partial charge in [-0.3, -0.25) is 9.59 Å². The number of nitrogens with one attached hydrogen (secondary N) is 4. The Bertz CT molecular complexity index is 3040. The zero-order chi connectivity index (χ0) is 64.3. The minimum atomic E-state index is -4.23. The molecule has 2 aromatic carbocycles. The fraction of sp³-hybridized carbons (Fsp3) is 0.587. The van der Waals surface area contributed by atoms with Crippen LogP contribution >= 0.6 is 22.6 Å². The van der Waals surface area contributed by atoms with Crippen LogP contribution in [0.15, 0.2) is 60.7 Å². The summed E-state index contributed by atoms with van der Waals surface area (Å²) in [7, 11) is -0.556. The van der Waals surface area contributed by atoms with Gasteiger partial charge < -0.3 is 59.6 Å². The maximum Gasteiger partial charge on any atom is 0.495 e. The lowest BCUT2D eigenvalue weighted by Crippen LogP contribution is -2.41. The first-order valence-electron chi connectivity index (χ1n) is 30.2. The van der Waals surface area contributed by atoms with Crippen molar-refractivity contribution in [2.45, 2.75) is 151 Å². The highest BCUT2D eigenvalue weighted by Crippen LogP contribution is 2.38. The van der Waals surface area contributed by atoms with E-state index >= 15 is 0 Å². The first-order valence-corrected chi connectivity index (χ1v) is 31.2. The highest BCUT2D eigenvalue weighted by Gasteiger charge is 2.52. The molecular weight excluding hydrogens is 1280 g/mol. The molecule has 9 rings (SSSR count). The maximum atomic E-state index is 12.9. The predicted octanol–water partition coefficient (Wildman–Crippen LogP) is 12.5. The number of anilines is 6. The van der Waals surface area contributed by atoms with Crippen LogP contribution in [0.2, 0.25) is 0 Å². The summed E-state index contributed by atoms with van der Waals surface area (Å²) in [5, 5.41) is 12.1. The molecule has 490 valence electrons. The summed E-state index contributed by atoms with van der Waals surface area (Å²) in [6, 6.07) is 17.5. The molecule has 4 N–H and O–H groups in total. The summed E-state index contributed by atoms with van der Waals surface area (Å²) in [5.41, 5.74) is 4.65. The number of carbonyl (C=O) groups is 4. The number of nitrogens with zero attached hydrogens (tertiary/aromatic N) is 6. The van der Waals surface area contributed by atoms with E-state index in [1.54, 1.807) is 18.2 Å². The average molecular weight is 1370 g/mol. The fourth-order valence-electron chi connectivity index (χ4n) is 10.8. The summed E-state index contributed by atoms with van der Waals surface area (Å²) in [6.07, 6.45) is -8.52. The molecule has 4 amide bonds. The Kier molecular flexibility index (Phi) is 25.4. The number of benzene rings is 2. The summed E-state index contributed by atoms with van der Waals surface area (Å²) in [6.45, 7) is 25.8. The second kappa shape index (κ2) is 31.4. The van der Waals surface area contributed by atoms with Crippen molar-refractivity contribution in [3.63, 3.8) is 0 Å². The smallest absolute Gasteiger partial charge is 0.399 e. The quantitative estimate of drug-likeness (QED) is 0.0470. The Labute approximate surface area is 533 Å². The van der Waals surface area contributed by atoms with E-state index in [2.05, 4.69) is 64.7 Å². The van der Waals surface area contributed by atoms with Gasteiger partial charge in [-0.05, 0) is 173 Å². The van der Waals surface area contributed by atoms with E-state index < -0.39 is 73.5 Å². The number of rotatable bonds is 16. The van der Waals surface area contributed by atoms with Gasteiger partial charge in [-0.1, -0.05) is 39.0 Å². The molecule has 2 aromatic heterocycles. The Morgan fingerprint density at radius 1 is 0.629 bits per heavy atom. The number of morpholine rings is 2. The van der Waals surface area contributed by atoms with E-state index in [-0.39, 0.29) is 38.1 Å². The zero-order valence-electron chi connectivity index (χ0n) is 52.0. The van der Waals surface area contributed by atoms with Crippen molar-refractivity contribution >= 4 is 93.4 Å².